The van der Waals surface area contributed by atoms with Gasteiger partial charge in [-0.1, -0.05) is 23.9 Å². The molecule has 4 rings (SSSR count). The Morgan fingerprint density at radius 3 is 2.69 bits per heavy atom. The van der Waals surface area contributed by atoms with E-state index in [4.69, 9.17) is 4.74 Å². The summed E-state index contributed by atoms with van der Waals surface area (Å²) in [5.74, 6) is 0.939. The van der Waals surface area contributed by atoms with E-state index in [1.165, 1.54) is 36.0 Å². The van der Waals surface area contributed by atoms with Crippen molar-refractivity contribution in [3.8, 4) is 28.4 Å². The van der Waals surface area contributed by atoms with Crippen molar-refractivity contribution in [3.05, 3.63) is 60.5 Å². The zero-order chi connectivity index (χ0) is 22.7. The number of carbonyl (C=O) groups is 1. The average molecular weight is 453 g/mol. The SMILES string of the molecule is COc1cccc(-c2nn(C)cc2-c2nnc(SCC(=O)Nc3ccc(F)cc3)n2C)c1. The maximum Gasteiger partial charge on any atom is 0.234 e. The van der Waals surface area contributed by atoms with Gasteiger partial charge in [0.05, 0.1) is 18.4 Å². The van der Waals surface area contributed by atoms with Crippen molar-refractivity contribution < 1.29 is 13.9 Å². The molecule has 0 aliphatic rings. The molecule has 0 aliphatic carbocycles. The van der Waals surface area contributed by atoms with Gasteiger partial charge in [-0.25, -0.2) is 4.39 Å². The van der Waals surface area contributed by atoms with Gasteiger partial charge in [0.25, 0.3) is 0 Å². The van der Waals surface area contributed by atoms with Crippen molar-refractivity contribution in [2.24, 2.45) is 14.1 Å². The summed E-state index contributed by atoms with van der Waals surface area (Å²) in [6.45, 7) is 0. The fraction of sp³-hybridized carbons (Fsp3) is 0.182. The average Bonchev–Trinajstić information content (AvgIpc) is 3.36. The molecule has 1 amide bonds. The summed E-state index contributed by atoms with van der Waals surface area (Å²) in [6.07, 6.45) is 1.88. The van der Waals surface area contributed by atoms with Gasteiger partial charge in [0, 0.05) is 31.5 Å². The van der Waals surface area contributed by atoms with E-state index < -0.39 is 0 Å². The molecule has 0 unspecified atom stereocenters. The van der Waals surface area contributed by atoms with E-state index >= 15 is 0 Å². The van der Waals surface area contributed by atoms with Crippen molar-refractivity contribution in [1.82, 2.24) is 24.5 Å². The summed E-state index contributed by atoms with van der Waals surface area (Å²) in [7, 11) is 5.31. The Bertz CT molecular complexity index is 1250. The molecule has 0 atom stereocenters. The Balaban J connectivity index is 1.52. The van der Waals surface area contributed by atoms with Gasteiger partial charge in [0.1, 0.15) is 17.3 Å². The lowest BCUT2D eigenvalue weighted by Crippen LogP contribution is -2.14. The number of thioether (sulfide) groups is 1. The highest BCUT2D eigenvalue weighted by Gasteiger charge is 2.19. The summed E-state index contributed by atoms with van der Waals surface area (Å²) in [4.78, 5) is 12.3. The summed E-state index contributed by atoms with van der Waals surface area (Å²) in [6, 6.07) is 13.3. The van der Waals surface area contributed by atoms with Crippen LogP contribution in [0.2, 0.25) is 0 Å². The topological polar surface area (TPSA) is 86.9 Å². The minimum absolute atomic E-state index is 0.138. The van der Waals surface area contributed by atoms with Gasteiger partial charge in [-0.05, 0) is 36.4 Å². The van der Waals surface area contributed by atoms with E-state index in [2.05, 4.69) is 20.6 Å². The Morgan fingerprint density at radius 1 is 1.16 bits per heavy atom. The van der Waals surface area contributed by atoms with Gasteiger partial charge in [-0.2, -0.15) is 5.10 Å². The molecule has 0 saturated heterocycles. The first-order chi connectivity index (χ1) is 15.4. The standard InChI is InChI=1S/C22H21FN6O2S/c1-28-12-18(20(27-28)14-5-4-6-17(11-14)31-3)21-25-26-22(29(21)2)32-13-19(30)24-16-9-7-15(23)8-10-16/h4-12H,13H2,1-3H3,(H,24,30). The Labute approximate surface area is 188 Å². The molecule has 2 aromatic carbocycles. The number of anilines is 1. The summed E-state index contributed by atoms with van der Waals surface area (Å²) < 4.78 is 21.9. The predicted molar refractivity (Wildman–Crippen MR) is 121 cm³/mol. The number of nitrogens with one attached hydrogen (secondary N) is 1. The second kappa shape index (κ2) is 9.23. The van der Waals surface area contributed by atoms with Crippen LogP contribution in [0.15, 0.2) is 59.9 Å². The fourth-order valence-electron chi connectivity index (χ4n) is 3.17. The molecule has 1 N–H and O–H groups in total. The van der Waals surface area contributed by atoms with Gasteiger partial charge in [-0.15, -0.1) is 10.2 Å². The number of hydrogen-bond acceptors (Lipinski definition) is 6. The van der Waals surface area contributed by atoms with Crippen LogP contribution in [0.25, 0.3) is 22.6 Å². The first-order valence-corrected chi connectivity index (χ1v) is 10.7. The molecule has 0 saturated carbocycles. The third-order valence-corrected chi connectivity index (χ3v) is 5.73. The summed E-state index contributed by atoms with van der Waals surface area (Å²) in [5.41, 5.74) is 3.01. The van der Waals surface area contributed by atoms with Crippen LogP contribution < -0.4 is 10.1 Å². The lowest BCUT2D eigenvalue weighted by molar-refractivity contribution is -0.113. The number of ether oxygens (including phenoxy) is 1. The predicted octanol–water partition coefficient (Wildman–Crippen LogP) is 3.76. The molecule has 0 fully saturated rings. The lowest BCUT2D eigenvalue weighted by Gasteiger charge is -2.06. The molecule has 2 heterocycles. The number of halogens is 1. The third kappa shape index (κ3) is 4.65. The molecule has 10 heteroatoms. The van der Waals surface area contributed by atoms with Crippen molar-refractivity contribution in [3.63, 3.8) is 0 Å². The van der Waals surface area contributed by atoms with Crippen molar-refractivity contribution in [2.75, 3.05) is 18.2 Å². The van der Waals surface area contributed by atoms with Gasteiger partial charge in [0.15, 0.2) is 11.0 Å². The molecule has 164 valence electrons. The van der Waals surface area contributed by atoms with Crippen LogP contribution in [0.4, 0.5) is 10.1 Å². The number of methoxy groups -OCH3 is 1. The van der Waals surface area contributed by atoms with E-state index in [1.807, 2.05) is 49.1 Å². The molecule has 0 spiro atoms. The molecular formula is C22H21FN6O2S. The Hall–Kier alpha value is -3.66. The molecule has 4 aromatic rings. The monoisotopic (exact) mass is 452 g/mol. The minimum atomic E-state index is -0.354. The zero-order valence-electron chi connectivity index (χ0n) is 17.7. The number of carbonyl (C=O) groups excluding carboxylic acids is 1. The number of benzene rings is 2. The van der Waals surface area contributed by atoms with E-state index in [1.54, 1.807) is 11.8 Å². The van der Waals surface area contributed by atoms with Crippen molar-refractivity contribution >= 4 is 23.4 Å². The summed E-state index contributed by atoms with van der Waals surface area (Å²) in [5, 5.41) is 16.5. The van der Waals surface area contributed by atoms with Crippen LogP contribution >= 0.6 is 11.8 Å². The normalized spacial score (nSPS) is 10.9. The highest BCUT2D eigenvalue weighted by molar-refractivity contribution is 7.99. The van der Waals surface area contributed by atoms with Crippen LogP contribution in [-0.2, 0) is 18.9 Å². The number of amides is 1. The van der Waals surface area contributed by atoms with Crippen LogP contribution in [0, 0.1) is 5.82 Å². The Kier molecular flexibility index (Phi) is 6.22. The Morgan fingerprint density at radius 2 is 1.94 bits per heavy atom. The largest absolute Gasteiger partial charge is 0.497 e. The summed E-state index contributed by atoms with van der Waals surface area (Å²) >= 11 is 1.26. The molecule has 2 aromatic heterocycles. The van der Waals surface area contributed by atoms with E-state index in [0.29, 0.717) is 16.7 Å². The smallest absolute Gasteiger partial charge is 0.234 e. The van der Waals surface area contributed by atoms with Gasteiger partial charge in [0.2, 0.25) is 5.91 Å². The maximum atomic E-state index is 13.0. The quantitative estimate of drug-likeness (QED) is 0.430. The highest BCUT2D eigenvalue weighted by Crippen LogP contribution is 2.32. The van der Waals surface area contributed by atoms with Crippen LogP contribution in [-0.4, -0.2) is 43.3 Å². The first-order valence-electron chi connectivity index (χ1n) is 9.70. The van der Waals surface area contributed by atoms with Crippen LogP contribution in [0.5, 0.6) is 5.75 Å². The molecule has 8 nitrogen and oxygen atoms in total. The number of nitrogens with zero attached hydrogens (tertiary/aromatic N) is 5. The van der Waals surface area contributed by atoms with Gasteiger partial charge < -0.3 is 14.6 Å². The number of hydrogen-bond donors (Lipinski definition) is 1. The molecule has 32 heavy (non-hydrogen) atoms. The number of aromatic nitrogens is 5. The third-order valence-electron chi connectivity index (χ3n) is 4.71. The second-order valence-electron chi connectivity index (χ2n) is 7.01. The van der Waals surface area contributed by atoms with Gasteiger partial charge >= 0.3 is 0 Å². The first kappa shape index (κ1) is 21.6. The zero-order valence-corrected chi connectivity index (χ0v) is 18.6. The minimum Gasteiger partial charge on any atom is -0.497 e. The molecule has 0 aliphatic heterocycles. The van der Waals surface area contributed by atoms with Crippen molar-refractivity contribution in [2.45, 2.75) is 5.16 Å². The van der Waals surface area contributed by atoms with E-state index in [0.717, 1.165) is 22.6 Å². The number of rotatable bonds is 7. The number of aryl methyl sites for hydroxylation is 1. The second-order valence-corrected chi connectivity index (χ2v) is 7.95. The maximum absolute atomic E-state index is 13.0. The molecular weight excluding hydrogens is 431 g/mol. The lowest BCUT2D eigenvalue weighted by atomic mass is 10.1. The highest BCUT2D eigenvalue weighted by atomic mass is 32.2. The van der Waals surface area contributed by atoms with Gasteiger partial charge in [-0.3, -0.25) is 9.48 Å². The fourth-order valence-corrected chi connectivity index (χ4v) is 3.88. The molecule has 0 bridgehead atoms. The van der Waals surface area contributed by atoms with E-state index in [-0.39, 0.29) is 17.5 Å². The van der Waals surface area contributed by atoms with E-state index in [9.17, 15) is 9.18 Å². The van der Waals surface area contributed by atoms with Crippen LogP contribution in [0.1, 0.15) is 0 Å². The van der Waals surface area contributed by atoms with Crippen LogP contribution in [0.3, 0.4) is 0 Å². The van der Waals surface area contributed by atoms with Crippen molar-refractivity contribution in [1.29, 1.82) is 0 Å². The molecule has 0 radical (unpaired) electrons.